The first-order valence-corrected chi connectivity index (χ1v) is 5.35. The number of carbonyl (C=O) groups excluding carboxylic acids is 1. The zero-order chi connectivity index (χ0) is 12.1. The molecule has 0 radical (unpaired) electrons. The lowest BCUT2D eigenvalue weighted by Gasteiger charge is -2.07. The van der Waals surface area contributed by atoms with E-state index in [1.54, 1.807) is 11.7 Å². The molecule has 0 bridgehead atoms. The lowest BCUT2D eigenvalue weighted by molar-refractivity contribution is -0.119. The van der Waals surface area contributed by atoms with Crippen molar-refractivity contribution >= 4 is 17.4 Å². The molecule has 1 heterocycles. The van der Waals surface area contributed by atoms with Crippen molar-refractivity contribution in [3.05, 3.63) is 5.69 Å². The fourth-order valence-electron chi connectivity index (χ4n) is 1.38. The number of amides is 1. The minimum absolute atomic E-state index is 0.0416. The number of hydrogen-bond donors (Lipinski definition) is 3. The van der Waals surface area contributed by atoms with Gasteiger partial charge in [-0.2, -0.15) is 5.10 Å². The van der Waals surface area contributed by atoms with Crippen molar-refractivity contribution in [2.75, 3.05) is 24.1 Å². The summed E-state index contributed by atoms with van der Waals surface area (Å²) in [7, 11) is 1.79. The van der Waals surface area contributed by atoms with Gasteiger partial charge in [-0.05, 0) is 13.3 Å². The number of rotatable bonds is 5. The molecular weight excluding hydrogens is 206 g/mol. The molecule has 0 atom stereocenters. The molecular formula is C10H19N5O. The van der Waals surface area contributed by atoms with Crippen molar-refractivity contribution in [2.45, 2.75) is 20.3 Å². The number of aromatic nitrogens is 2. The number of aryl methyl sites for hydroxylation is 2. The molecule has 1 amide bonds. The predicted octanol–water partition coefficient (Wildman–Crippen LogP) is 0.249. The Kier molecular flexibility index (Phi) is 4.16. The van der Waals surface area contributed by atoms with Crippen molar-refractivity contribution in [3.8, 4) is 0 Å². The fourth-order valence-corrected chi connectivity index (χ4v) is 1.38. The lowest BCUT2D eigenvalue weighted by atomic mass is 10.4. The van der Waals surface area contributed by atoms with E-state index in [4.69, 9.17) is 5.73 Å². The molecule has 4 N–H and O–H groups in total. The second-order valence-electron chi connectivity index (χ2n) is 3.67. The Morgan fingerprint density at radius 1 is 1.56 bits per heavy atom. The molecule has 0 aliphatic heterocycles. The van der Waals surface area contributed by atoms with Crippen molar-refractivity contribution < 1.29 is 4.79 Å². The van der Waals surface area contributed by atoms with Crippen molar-refractivity contribution in [3.63, 3.8) is 0 Å². The molecule has 0 saturated carbocycles. The summed E-state index contributed by atoms with van der Waals surface area (Å²) in [4.78, 5) is 11.4. The van der Waals surface area contributed by atoms with Gasteiger partial charge in [0.25, 0.3) is 0 Å². The number of nitrogens with one attached hydrogen (secondary N) is 2. The van der Waals surface area contributed by atoms with Crippen LogP contribution in [0.4, 0.5) is 11.5 Å². The monoisotopic (exact) mass is 225 g/mol. The number of hydrogen-bond acceptors (Lipinski definition) is 4. The third kappa shape index (κ3) is 2.88. The minimum atomic E-state index is -0.0416. The van der Waals surface area contributed by atoms with Crippen LogP contribution >= 0.6 is 0 Å². The highest BCUT2D eigenvalue weighted by Crippen LogP contribution is 2.20. The third-order valence-corrected chi connectivity index (χ3v) is 2.26. The van der Waals surface area contributed by atoms with Gasteiger partial charge in [-0.3, -0.25) is 9.48 Å². The maximum absolute atomic E-state index is 11.4. The highest BCUT2D eigenvalue weighted by molar-refractivity contribution is 5.81. The zero-order valence-corrected chi connectivity index (χ0v) is 10.0. The topological polar surface area (TPSA) is 85.0 Å². The molecule has 0 aliphatic rings. The second kappa shape index (κ2) is 5.39. The molecule has 0 spiro atoms. The summed E-state index contributed by atoms with van der Waals surface area (Å²) in [6, 6.07) is 0. The average Bonchev–Trinajstić information content (AvgIpc) is 2.48. The van der Waals surface area contributed by atoms with Crippen LogP contribution < -0.4 is 16.4 Å². The third-order valence-electron chi connectivity index (χ3n) is 2.26. The molecule has 0 aromatic carbocycles. The van der Waals surface area contributed by atoms with E-state index in [9.17, 15) is 4.79 Å². The van der Waals surface area contributed by atoms with Gasteiger partial charge in [-0.25, -0.2) is 0 Å². The van der Waals surface area contributed by atoms with Crippen molar-refractivity contribution in [2.24, 2.45) is 7.05 Å². The summed E-state index contributed by atoms with van der Waals surface area (Å²) < 4.78 is 1.64. The van der Waals surface area contributed by atoms with Crippen LogP contribution in [0, 0.1) is 6.92 Å². The maximum Gasteiger partial charge on any atom is 0.239 e. The van der Waals surface area contributed by atoms with Crippen LogP contribution in [0.25, 0.3) is 0 Å². The van der Waals surface area contributed by atoms with E-state index in [0.717, 1.165) is 12.1 Å². The molecule has 1 rings (SSSR count). The zero-order valence-electron chi connectivity index (χ0n) is 10.0. The molecule has 0 unspecified atom stereocenters. The highest BCUT2D eigenvalue weighted by Gasteiger charge is 2.10. The second-order valence-corrected chi connectivity index (χ2v) is 3.67. The Hall–Kier alpha value is -1.72. The number of anilines is 2. The van der Waals surface area contributed by atoms with Crippen LogP contribution in [0.1, 0.15) is 19.0 Å². The van der Waals surface area contributed by atoms with Gasteiger partial charge >= 0.3 is 0 Å². The lowest BCUT2D eigenvalue weighted by Crippen LogP contribution is -2.30. The number of nitrogens with two attached hydrogens (primary N) is 1. The van der Waals surface area contributed by atoms with E-state index in [1.165, 1.54) is 0 Å². The number of carbonyl (C=O) groups is 1. The van der Waals surface area contributed by atoms with E-state index in [0.29, 0.717) is 18.1 Å². The SMILES string of the molecule is CCCNC(=O)CNc1c(N)c(C)nn1C. The number of nitrogens with zero attached hydrogens (tertiary/aromatic N) is 2. The molecule has 0 aliphatic carbocycles. The standard InChI is InChI=1S/C10H19N5O/c1-4-5-12-8(16)6-13-10-9(11)7(2)14-15(10)3/h13H,4-6,11H2,1-3H3,(H,12,16). The Bertz CT molecular complexity index is 372. The highest BCUT2D eigenvalue weighted by atomic mass is 16.1. The molecule has 0 fully saturated rings. The first kappa shape index (κ1) is 12.4. The van der Waals surface area contributed by atoms with Crippen LogP contribution in [0.3, 0.4) is 0 Å². The van der Waals surface area contributed by atoms with E-state index < -0.39 is 0 Å². The van der Waals surface area contributed by atoms with Gasteiger partial charge in [0.2, 0.25) is 5.91 Å². The van der Waals surface area contributed by atoms with Gasteiger partial charge in [0.1, 0.15) is 5.82 Å². The molecule has 1 aromatic rings. The Labute approximate surface area is 95.2 Å². The minimum Gasteiger partial charge on any atom is -0.394 e. The Balaban J connectivity index is 2.51. The van der Waals surface area contributed by atoms with E-state index in [1.807, 2.05) is 13.8 Å². The van der Waals surface area contributed by atoms with Gasteiger partial charge in [0, 0.05) is 13.6 Å². The van der Waals surface area contributed by atoms with Crippen LogP contribution in [0.2, 0.25) is 0 Å². The van der Waals surface area contributed by atoms with Gasteiger partial charge in [-0.15, -0.1) is 0 Å². The Morgan fingerprint density at radius 2 is 2.25 bits per heavy atom. The largest absolute Gasteiger partial charge is 0.394 e. The summed E-state index contributed by atoms with van der Waals surface area (Å²) in [6.45, 7) is 4.75. The fraction of sp³-hybridized carbons (Fsp3) is 0.600. The Morgan fingerprint density at radius 3 is 2.75 bits per heavy atom. The summed E-state index contributed by atoms with van der Waals surface area (Å²) >= 11 is 0. The normalized spacial score (nSPS) is 10.2. The summed E-state index contributed by atoms with van der Waals surface area (Å²) in [5.74, 6) is 0.643. The van der Waals surface area contributed by atoms with Crippen LogP contribution in [-0.2, 0) is 11.8 Å². The quantitative estimate of drug-likeness (QED) is 0.670. The average molecular weight is 225 g/mol. The van der Waals surface area contributed by atoms with E-state index in [-0.39, 0.29) is 12.5 Å². The molecule has 6 heteroatoms. The van der Waals surface area contributed by atoms with Crippen molar-refractivity contribution in [1.29, 1.82) is 0 Å². The van der Waals surface area contributed by atoms with Crippen molar-refractivity contribution in [1.82, 2.24) is 15.1 Å². The molecule has 0 saturated heterocycles. The molecule has 6 nitrogen and oxygen atoms in total. The van der Waals surface area contributed by atoms with Gasteiger partial charge in [0.15, 0.2) is 0 Å². The molecule has 16 heavy (non-hydrogen) atoms. The van der Waals surface area contributed by atoms with E-state index in [2.05, 4.69) is 15.7 Å². The van der Waals surface area contributed by atoms with Gasteiger partial charge < -0.3 is 16.4 Å². The first-order valence-electron chi connectivity index (χ1n) is 5.35. The maximum atomic E-state index is 11.4. The molecule has 1 aromatic heterocycles. The predicted molar refractivity (Wildman–Crippen MR) is 64.1 cm³/mol. The number of nitrogen functional groups attached to an aromatic ring is 1. The van der Waals surface area contributed by atoms with Gasteiger partial charge in [-0.1, -0.05) is 6.92 Å². The van der Waals surface area contributed by atoms with Crippen LogP contribution in [-0.4, -0.2) is 28.8 Å². The summed E-state index contributed by atoms with van der Waals surface area (Å²) in [5, 5.41) is 9.90. The van der Waals surface area contributed by atoms with Crippen LogP contribution in [0.15, 0.2) is 0 Å². The van der Waals surface area contributed by atoms with Crippen LogP contribution in [0.5, 0.6) is 0 Å². The first-order chi connectivity index (χ1) is 7.56. The van der Waals surface area contributed by atoms with E-state index >= 15 is 0 Å². The summed E-state index contributed by atoms with van der Waals surface area (Å²) in [6.07, 6.45) is 0.929. The molecule has 90 valence electrons. The smallest absolute Gasteiger partial charge is 0.239 e. The summed E-state index contributed by atoms with van der Waals surface area (Å²) in [5.41, 5.74) is 7.16. The van der Waals surface area contributed by atoms with Gasteiger partial charge in [0.05, 0.1) is 17.9 Å².